The van der Waals surface area contributed by atoms with Gasteiger partial charge >= 0.3 is 0 Å². The fourth-order valence-electron chi connectivity index (χ4n) is 0.943. The highest BCUT2D eigenvalue weighted by Gasteiger charge is 2.00. The molecule has 1 nitrogen and oxygen atoms in total. The zero-order chi connectivity index (χ0) is 8.27. The van der Waals surface area contributed by atoms with Gasteiger partial charge in [-0.15, -0.1) is 0 Å². The van der Waals surface area contributed by atoms with Gasteiger partial charge < -0.3 is 5.32 Å². The first-order chi connectivity index (χ1) is 5.24. The van der Waals surface area contributed by atoms with E-state index < -0.39 is 0 Å². The van der Waals surface area contributed by atoms with Crippen molar-refractivity contribution in [3.05, 3.63) is 34.9 Å². The second-order valence-electron chi connectivity index (χ2n) is 2.57. The Kier molecular flexibility index (Phi) is 2.92. The minimum absolute atomic E-state index is 0.369. The van der Waals surface area contributed by atoms with Crippen LogP contribution >= 0.6 is 11.6 Å². The molecule has 1 N–H and O–H groups in total. The summed E-state index contributed by atoms with van der Waals surface area (Å²) in [6, 6.07) is 8.25. The summed E-state index contributed by atoms with van der Waals surface area (Å²) in [5.41, 5.74) is 1.22. The Bertz CT molecular complexity index is 235. The summed E-state index contributed by atoms with van der Waals surface area (Å²) in [6.07, 6.45) is 0. The van der Waals surface area contributed by atoms with Crippen molar-refractivity contribution in [2.75, 3.05) is 7.05 Å². The van der Waals surface area contributed by atoms with E-state index in [4.69, 9.17) is 11.6 Å². The molecule has 0 bridgehead atoms. The summed E-state index contributed by atoms with van der Waals surface area (Å²) in [4.78, 5) is 0. The summed E-state index contributed by atoms with van der Waals surface area (Å²) in [7, 11) is 1.94. The first-order valence-electron chi connectivity index (χ1n) is 3.67. The van der Waals surface area contributed by atoms with Crippen LogP contribution in [0, 0.1) is 0 Å². The van der Waals surface area contributed by atoms with Crippen LogP contribution in [-0.2, 0) is 0 Å². The smallest absolute Gasteiger partial charge is 0.0409 e. The molecule has 1 aromatic rings. The minimum Gasteiger partial charge on any atom is -0.313 e. The lowest BCUT2D eigenvalue weighted by Gasteiger charge is -2.09. The van der Waals surface area contributed by atoms with Gasteiger partial charge in [0, 0.05) is 11.1 Å². The number of halogens is 1. The van der Waals surface area contributed by atoms with Crippen LogP contribution < -0.4 is 5.32 Å². The van der Waals surface area contributed by atoms with Gasteiger partial charge in [-0.25, -0.2) is 0 Å². The molecule has 0 amide bonds. The summed E-state index contributed by atoms with van der Waals surface area (Å²) in [5.74, 6) is 0. The van der Waals surface area contributed by atoms with Crippen LogP contribution in [0.5, 0.6) is 0 Å². The van der Waals surface area contributed by atoms with E-state index in [1.165, 1.54) is 5.56 Å². The monoisotopic (exact) mass is 169 g/mol. The van der Waals surface area contributed by atoms with Crippen molar-refractivity contribution >= 4 is 11.6 Å². The van der Waals surface area contributed by atoms with E-state index in [2.05, 4.69) is 18.3 Å². The number of nitrogens with one attached hydrogen (secondary N) is 1. The fourth-order valence-corrected chi connectivity index (χ4v) is 1.14. The van der Waals surface area contributed by atoms with E-state index >= 15 is 0 Å². The van der Waals surface area contributed by atoms with Gasteiger partial charge in [-0.3, -0.25) is 0 Å². The molecule has 1 aromatic carbocycles. The summed E-state index contributed by atoms with van der Waals surface area (Å²) >= 11 is 5.82. The van der Waals surface area contributed by atoms with Crippen molar-refractivity contribution in [2.45, 2.75) is 13.0 Å². The topological polar surface area (TPSA) is 12.0 Å². The van der Waals surface area contributed by atoms with Crippen LogP contribution in [0.25, 0.3) is 0 Å². The first-order valence-corrected chi connectivity index (χ1v) is 4.04. The highest BCUT2D eigenvalue weighted by molar-refractivity contribution is 6.30. The maximum atomic E-state index is 5.82. The average Bonchev–Trinajstić information content (AvgIpc) is 2.03. The standard InChI is InChI=1S/C9H12ClN/c1-7(11-2)8-4-3-5-9(10)6-8/h3-7,11H,1-2H3/t7-/m0/s1. The average molecular weight is 170 g/mol. The Hall–Kier alpha value is -0.530. The largest absolute Gasteiger partial charge is 0.313 e. The molecular formula is C9H12ClN. The molecule has 0 fully saturated rings. The zero-order valence-corrected chi connectivity index (χ0v) is 7.52. The molecule has 0 radical (unpaired) electrons. The molecule has 60 valence electrons. The third-order valence-corrected chi connectivity index (χ3v) is 2.02. The van der Waals surface area contributed by atoms with Crippen LogP contribution in [0.2, 0.25) is 5.02 Å². The Balaban J connectivity index is 2.86. The Morgan fingerprint density at radius 1 is 1.45 bits per heavy atom. The Labute approximate surface area is 72.4 Å². The van der Waals surface area contributed by atoms with Crippen LogP contribution in [0.1, 0.15) is 18.5 Å². The predicted octanol–water partition coefficient (Wildman–Crippen LogP) is 2.62. The van der Waals surface area contributed by atoms with Gasteiger partial charge in [-0.05, 0) is 31.7 Å². The molecule has 11 heavy (non-hydrogen) atoms. The van der Waals surface area contributed by atoms with Crippen molar-refractivity contribution < 1.29 is 0 Å². The van der Waals surface area contributed by atoms with Crippen molar-refractivity contribution in [2.24, 2.45) is 0 Å². The van der Waals surface area contributed by atoms with Crippen molar-refractivity contribution in [3.8, 4) is 0 Å². The van der Waals surface area contributed by atoms with Gasteiger partial charge in [0.1, 0.15) is 0 Å². The van der Waals surface area contributed by atoms with E-state index in [0.717, 1.165) is 5.02 Å². The molecule has 1 rings (SSSR count). The maximum Gasteiger partial charge on any atom is 0.0409 e. The quantitative estimate of drug-likeness (QED) is 0.718. The van der Waals surface area contributed by atoms with Crippen LogP contribution in [0.3, 0.4) is 0 Å². The van der Waals surface area contributed by atoms with Gasteiger partial charge in [0.2, 0.25) is 0 Å². The molecule has 0 aliphatic rings. The highest BCUT2D eigenvalue weighted by Crippen LogP contribution is 2.16. The van der Waals surface area contributed by atoms with Crippen LogP contribution in [0.4, 0.5) is 0 Å². The number of hydrogen-bond donors (Lipinski definition) is 1. The summed E-state index contributed by atoms with van der Waals surface area (Å²) in [5, 5.41) is 3.95. The molecule has 0 spiro atoms. The molecule has 2 heteroatoms. The van der Waals surface area contributed by atoms with E-state index in [0.29, 0.717) is 6.04 Å². The van der Waals surface area contributed by atoms with Gasteiger partial charge in [-0.2, -0.15) is 0 Å². The second kappa shape index (κ2) is 3.74. The Morgan fingerprint density at radius 3 is 2.73 bits per heavy atom. The normalized spacial score (nSPS) is 13.0. The Morgan fingerprint density at radius 2 is 2.18 bits per heavy atom. The molecule has 1 atom stereocenters. The fraction of sp³-hybridized carbons (Fsp3) is 0.333. The van der Waals surface area contributed by atoms with E-state index in [-0.39, 0.29) is 0 Å². The number of hydrogen-bond acceptors (Lipinski definition) is 1. The maximum absolute atomic E-state index is 5.82. The van der Waals surface area contributed by atoms with E-state index in [1.807, 2.05) is 25.2 Å². The summed E-state index contributed by atoms with van der Waals surface area (Å²) < 4.78 is 0. The van der Waals surface area contributed by atoms with Crippen LogP contribution in [-0.4, -0.2) is 7.05 Å². The lowest BCUT2D eigenvalue weighted by molar-refractivity contribution is 0.652. The zero-order valence-electron chi connectivity index (χ0n) is 6.76. The van der Waals surface area contributed by atoms with Crippen molar-refractivity contribution in [3.63, 3.8) is 0 Å². The summed E-state index contributed by atoms with van der Waals surface area (Å²) in [6.45, 7) is 2.10. The van der Waals surface area contributed by atoms with E-state index in [9.17, 15) is 0 Å². The van der Waals surface area contributed by atoms with Gasteiger partial charge in [0.15, 0.2) is 0 Å². The van der Waals surface area contributed by atoms with Gasteiger partial charge in [-0.1, -0.05) is 23.7 Å². The third kappa shape index (κ3) is 2.21. The minimum atomic E-state index is 0.369. The molecule has 0 saturated carbocycles. The number of benzene rings is 1. The first kappa shape index (κ1) is 8.57. The van der Waals surface area contributed by atoms with Crippen LogP contribution in [0.15, 0.2) is 24.3 Å². The molecule has 0 unspecified atom stereocenters. The van der Waals surface area contributed by atoms with Crippen molar-refractivity contribution in [1.29, 1.82) is 0 Å². The lowest BCUT2D eigenvalue weighted by Crippen LogP contribution is -2.11. The lowest BCUT2D eigenvalue weighted by atomic mass is 10.1. The molecular weight excluding hydrogens is 158 g/mol. The number of rotatable bonds is 2. The molecule has 0 saturated heterocycles. The van der Waals surface area contributed by atoms with E-state index in [1.54, 1.807) is 0 Å². The predicted molar refractivity (Wildman–Crippen MR) is 48.9 cm³/mol. The highest BCUT2D eigenvalue weighted by atomic mass is 35.5. The van der Waals surface area contributed by atoms with Crippen molar-refractivity contribution in [1.82, 2.24) is 5.32 Å². The molecule has 0 aromatic heterocycles. The SMILES string of the molecule is CN[C@@H](C)c1cccc(Cl)c1. The second-order valence-corrected chi connectivity index (χ2v) is 3.00. The molecule has 0 heterocycles. The van der Waals surface area contributed by atoms with Gasteiger partial charge in [0.25, 0.3) is 0 Å². The van der Waals surface area contributed by atoms with Gasteiger partial charge in [0.05, 0.1) is 0 Å². The molecule has 0 aliphatic carbocycles. The molecule has 0 aliphatic heterocycles. The third-order valence-electron chi connectivity index (χ3n) is 1.78.